The van der Waals surface area contributed by atoms with Crippen molar-refractivity contribution >= 4 is 50.6 Å². The number of halogens is 4. The zero-order valence-electron chi connectivity index (χ0n) is 21.7. The first kappa shape index (κ1) is 28.4. The number of hydrogen-bond donors (Lipinski definition) is 4. The number of aliphatic hydroxyl groups is 1. The van der Waals surface area contributed by atoms with E-state index in [9.17, 15) is 31.9 Å². The molecule has 4 N–H and O–H groups in total. The van der Waals surface area contributed by atoms with E-state index in [2.05, 4.69) is 20.6 Å². The van der Waals surface area contributed by atoms with Crippen LogP contribution in [-0.4, -0.2) is 33.4 Å². The maximum absolute atomic E-state index is 13.4. The molecule has 5 aromatic rings. The van der Waals surface area contributed by atoms with E-state index in [1.165, 1.54) is 18.3 Å². The van der Waals surface area contributed by atoms with Crippen LogP contribution in [0, 0.1) is 5.82 Å². The minimum atomic E-state index is -4.92. The Morgan fingerprint density at radius 2 is 1.67 bits per heavy atom. The van der Waals surface area contributed by atoms with Crippen molar-refractivity contribution in [2.24, 2.45) is 0 Å². The van der Waals surface area contributed by atoms with Gasteiger partial charge in [-0.2, -0.15) is 13.2 Å². The van der Waals surface area contributed by atoms with Gasteiger partial charge in [0.1, 0.15) is 11.5 Å². The molecule has 0 unspecified atom stereocenters. The number of H-pyrrole nitrogens is 1. The zero-order chi connectivity index (χ0) is 30.0. The van der Waals surface area contributed by atoms with Crippen LogP contribution in [0.3, 0.4) is 0 Å². The average Bonchev–Trinajstić information content (AvgIpc) is 2.96. The summed E-state index contributed by atoms with van der Waals surface area (Å²) in [5.41, 5.74) is -0.800. The monoisotopic (exact) mass is 578 g/mol. The van der Waals surface area contributed by atoms with Crippen molar-refractivity contribution in [3.05, 3.63) is 106 Å². The molecular weight excluding hydrogens is 556 g/mol. The molecule has 0 fully saturated rings. The minimum Gasteiger partial charge on any atom is -0.396 e. The van der Waals surface area contributed by atoms with E-state index in [0.717, 1.165) is 12.1 Å². The number of carbonyl (C=O) groups is 2. The molecule has 3 aromatic carbocycles. The van der Waals surface area contributed by atoms with Gasteiger partial charge in [0, 0.05) is 46.9 Å². The van der Waals surface area contributed by atoms with Crippen LogP contribution in [0.25, 0.3) is 21.8 Å². The Kier molecular flexibility index (Phi) is 7.72. The van der Waals surface area contributed by atoms with Gasteiger partial charge in [-0.05, 0) is 55.0 Å². The minimum absolute atomic E-state index is 0.0762. The molecule has 0 atom stereocenters. The summed E-state index contributed by atoms with van der Waals surface area (Å²) in [7, 11) is 0. The van der Waals surface area contributed by atoms with Crippen molar-refractivity contribution < 1.29 is 32.3 Å². The molecule has 12 heteroatoms. The summed E-state index contributed by atoms with van der Waals surface area (Å²) in [5, 5.41) is 15.9. The third kappa shape index (κ3) is 5.70. The van der Waals surface area contributed by atoms with Gasteiger partial charge in [0.15, 0.2) is 5.78 Å². The summed E-state index contributed by atoms with van der Waals surface area (Å²) in [4.78, 5) is 45.3. The number of ketones is 1. The molecule has 2 heterocycles. The van der Waals surface area contributed by atoms with Crippen molar-refractivity contribution in [1.82, 2.24) is 9.97 Å². The van der Waals surface area contributed by atoms with E-state index < -0.39 is 34.6 Å². The normalized spacial score (nSPS) is 11.5. The van der Waals surface area contributed by atoms with Crippen LogP contribution in [0.15, 0.2) is 77.7 Å². The summed E-state index contributed by atoms with van der Waals surface area (Å²) in [5.74, 6) is -2.44. The van der Waals surface area contributed by atoms with Crippen molar-refractivity contribution in [2.45, 2.75) is 19.0 Å². The predicted molar refractivity (Wildman–Crippen MR) is 150 cm³/mol. The quantitative estimate of drug-likeness (QED) is 0.0990. The van der Waals surface area contributed by atoms with Gasteiger partial charge in [-0.1, -0.05) is 18.2 Å². The van der Waals surface area contributed by atoms with Gasteiger partial charge in [-0.3, -0.25) is 14.4 Å². The number of alkyl halides is 3. The van der Waals surface area contributed by atoms with Crippen LogP contribution >= 0.6 is 0 Å². The van der Waals surface area contributed by atoms with Gasteiger partial charge in [0.2, 0.25) is 0 Å². The molecule has 1 amide bonds. The number of anilines is 3. The van der Waals surface area contributed by atoms with Crippen molar-refractivity contribution in [1.29, 1.82) is 0 Å². The van der Waals surface area contributed by atoms with Gasteiger partial charge < -0.3 is 20.7 Å². The number of aromatic nitrogens is 2. The van der Waals surface area contributed by atoms with Gasteiger partial charge in [0.25, 0.3) is 11.5 Å². The Hall–Kier alpha value is -5.10. The van der Waals surface area contributed by atoms with E-state index >= 15 is 0 Å². The van der Waals surface area contributed by atoms with Gasteiger partial charge in [-0.25, -0.2) is 9.37 Å². The lowest BCUT2D eigenvalue weighted by atomic mass is 9.98. The van der Waals surface area contributed by atoms with Crippen LogP contribution in [-0.2, 0) is 6.18 Å². The standard InChI is InChI=1S/C30H22F4N4O4/c31-16-6-11-19(22(15-16)30(32,33)34)28(41)37-18-9-7-17(8-10-18)36-23-12-13-35-27-26(23)21-4-1-3-20(24(40)5-2-14-39)25(21)29(42)38-27/h1,3-4,6-13,15,39H,2,5,14H2,(H,37,41)(H2,35,36,38,42). The highest BCUT2D eigenvalue weighted by atomic mass is 19.4. The fourth-order valence-electron chi connectivity index (χ4n) is 4.66. The second-order valence-electron chi connectivity index (χ2n) is 9.36. The molecule has 0 aliphatic carbocycles. The SMILES string of the molecule is O=C(Nc1ccc(Nc2ccnc3[nH]c(=O)c4c(C(=O)CCCO)cccc4c23)cc1)c1ccc(F)cc1C(F)(F)F. The second kappa shape index (κ2) is 11.4. The van der Waals surface area contributed by atoms with Crippen molar-refractivity contribution in [3.8, 4) is 0 Å². The Bertz CT molecular complexity index is 1890. The zero-order valence-corrected chi connectivity index (χ0v) is 21.7. The fraction of sp³-hybridized carbons (Fsp3) is 0.133. The number of rotatable bonds is 8. The van der Waals surface area contributed by atoms with Crippen LogP contribution in [0.1, 0.15) is 39.1 Å². The van der Waals surface area contributed by atoms with E-state index in [0.29, 0.717) is 22.1 Å². The number of carbonyl (C=O) groups excluding carboxylic acids is 2. The second-order valence-corrected chi connectivity index (χ2v) is 9.36. The predicted octanol–water partition coefficient (Wildman–Crippen LogP) is 6.19. The highest BCUT2D eigenvalue weighted by Gasteiger charge is 2.35. The molecule has 8 nitrogen and oxygen atoms in total. The Balaban J connectivity index is 1.45. The first-order valence-corrected chi connectivity index (χ1v) is 12.7. The highest BCUT2D eigenvalue weighted by Crippen LogP contribution is 2.34. The topological polar surface area (TPSA) is 124 Å². The summed E-state index contributed by atoms with van der Waals surface area (Å²) in [6, 6.07) is 14.5. The molecule has 0 bridgehead atoms. The number of Topliss-reactive ketones (excluding diaryl/α,β-unsaturated/α-hetero) is 1. The van der Waals surface area contributed by atoms with Gasteiger partial charge in [0.05, 0.1) is 22.2 Å². The summed E-state index contributed by atoms with van der Waals surface area (Å²) in [6.45, 7) is -0.156. The molecule has 0 aliphatic rings. The molecule has 5 rings (SSSR count). The van der Waals surface area contributed by atoms with Crippen molar-refractivity contribution in [2.75, 3.05) is 17.2 Å². The van der Waals surface area contributed by atoms with Gasteiger partial charge >= 0.3 is 6.18 Å². The van der Waals surface area contributed by atoms with E-state index in [1.54, 1.807) is 36.4 Å². The third-order valence-electron chi connectivity index (χ3n) is 6.56. The molecular formula is C30H22F4N4O4. The molecule has 0 aliphatic heterocycles. The largest absolute Gasteiger partial charge is 0.417 e. The molecule has 0 radical (unpaired) electrons. The van der Waals surface area contributed by atoms with Gasteiger partial charge in [-0.15, -0.1) is 0 Å². The molecule has 0 saturated heterocycles. The number of nitrogens with zero attached hydrogens (tertiary/aromatic N) is 1. The number of aliphatic hydroxyl groups excluding tert-OH is 1. The molecule has 42 heavy (non-hydrogen) atoms. The number of nitrogens with one attached hydrogen (secondary N) is 3. The molecule has 0 spiro atoms. The number of fused-ring (bicyclic) bond motifs is 3. The fourth-order valence-corrected chi connectivity index (χ4v) is 4.66. The highest BCUT2D eigenvalue weighted by molar-refractivity contribution is 6.17. The van der Waals surface area contributed by atoms with Crippen LogP contribution in [0.4, 0.5) is 34.6 Å². The lowest BCUT2D eigenvalue weighted by Crippen LogP contribution is -2.19. The first-order valence-electron chi connectivity index (χ1n) is 12.7. The summed E-state index contributed by atoms with van der Waals surface area (Å²) < 4.78 is 53.4. The van der Waals surface area contributed by atoms with Crippen LogP contribution < -0.4 is 16.2 Å². The number of aromatic amines is 1. The summed E-state index contributed by atoms with van der Waals surface area (Å²) >= 11 is 0. The van der Waals surface area contributed by atoms with E-state index in [4.69, 9.17) is 5.11 Å². The summed E-state index contributed by atoms with van der Waals surface area (Å²) in [6.07, 6.45) is -3.10. The number of pyridine rings is 2. The van der Waals surface area contributed by atoms with Crippen LogP contribution in [0.2, 0.25) is 0 Å². The number of hydrogen-bond acceptors (Lipinski definition) is 6. The number of amides is 1. The third-order valence-corrected chi connectivity index (χ3v) is 6.56. The average molecular weight is 579 g/mol. The first-order chi connectivity index (χ1) is 20.1. The van der Waals surface area contributed by atoms with E-state index in [-0.39, 0.29) is 53.6 Å². The van der Waals surface area contributed by atoms with Crippen LogP contribution in [0.5, 0.6) is 0 Å². The van der Waals surface area contributed by atoms with Crippen molar-refractivity contribution in [3.63, 3.8) is 0 Å². The number of benzene rings is 3. The Morgan fingerprint density at radius 3 is 2.38 bits per heavy atom. The Labute approximate surface area is 235 Å². The lowest BCUT2D eigenvalue weighted by Gasteiger charge is -2.14. The lowest BCUT2D eigenvalue weighted by molar-refractivity contribution is -0.138. The Morgan fingerprint density at radius 1 is 0.929 bits per heavy atom. The molecule has 214 valence electrons. The maximum atomic E-state index is 13.4. The molecule has 0 saturated carbocycles. The smallest absolute Gasteiger partial charge is 0.396 e. The molecule has 2 aromatic heterocycles. The maximum Gasteiger partial charge on any atom is 0.417 e. The van der Waals surface area contributed by atoms with E-state index in [1.807, 2.05) is 0 Å².